The van der Waals surface area contributed by atoms with Crippen molar-refractivity contribution in [1.29, 1.82) is 0 Å². The first kappa shape index (κ1) is 14.7. The number of primary amides is 1. The molecular weight excluding hydrogens is 212 g/mol. The highest BCUT2D eigenvalue weighted by molar-refractivity contribution is 7.99. The summed E-state index contributed by atoms with van der Waals surface area (Å²) >= 11 is 1.83. The van der Waals surface area contributed by atoms with Crippen LogP contribution in [0.1, 0.15) is 19.8 Å². The first-order chi connectivity index (χ1) is 7.06. The molecule has 0 saturated carbocycles. The molecule has 0 aromatic carbocycles. The largest absolute Gasteiger partial charge is 0.385 e. The highest BCUT2D eigenvalue weighted by Gasteiger charge is 2.27. The first-order valence-electron chi connectivity index (χ1n) is 5.12. The maximum absolute atomic E-state index is 11.1. The Balaban J connectivity index is 3.60. The molecule has 15 heavy (non-hydrogen) atoms. The number of methoxy groups -OCH3 is 1. The number of carbonyl (C=O) groups is 1. The van der Waals surface area contributed by atoms with Crippen molar-refractivity contribution < 1.29 is 9.53 Å². The van der Waals surface area contributed by atoms with Crippen LogP contribution >= 0.6 is 11.8 Å². The van der Waals surface area contributed by atoms with Crippen LogP contribution in [0.15, 0.2) is 0 Å². The topological polar surface area (TPSA) is 64.3 Å². The standard InChI is InChI=1S/C10H22N2O2S/c1-10(12-2,9(11)13)5-8-15-7-4-6-14-3/h12H,4-8H2,1-3H3,(H2,11,13). The van der Waals surface area contributed by atoms with Gasteiger partial charge in [-0.2, -0.15) is 11.8 Å². The fourth-order valence-electron chi connectivity index (χ4n) is 1.06. The second-order valence-electron chi connectivity index (χ2n) is 3.66. The lowest BCUT2D eigenvalue weighted by atomic mass is 9.99. The molecule has 0 saturated heterocycles. The Kier molecular flexibility index (Phi) is 7.82. The Morgan fingerprint density at radius 2 is 2.20 bits per heavy atom. The van der Waals surface area contributed by atoms with E-state index in [0.29, 0.717) is 0 Å². The number of thioether (sulfide) groups is 1. The maximum Gasteiger partial charge on any atom is 0.237 e. The second-order valence-corrected chi connectivity index (χ2v) is 4.88. The van der Waals surface area contributed by atoms with Crippen LogP contribution in [-0.2, 0) is 9.53 Å². The van der Waals surface area contributed by atoms with E-state index in [4.69, 9.17) is 10.5 Å². The summed E-state index contributed by atoms with van der Waals surface area (Å²) in [6, 6.07) is 0. The average Bonchev–Trinajstić information content (AvgIpc) is 2.22. The number of hydrogen-bond acceptors (Lipinski definition) is 4. The molecule has 1 atom stereocenters. The maximum atomic E-state index is 11.1. The Bertz CT molecular complexity index is 190. The van der Waals surface area contributed by atoms with Crippen molar-refractivity contribution in [3.8, 4) is 0 Å². The van der Waals surface area contributed by atoms with Gasteiger partial charge < -0.3 is 15.8 Å². The number of nitrogens with one attached hydrogen (secondary N) is 1. The molecule has 0 aliphatic rings. The van der Waals surface area contributed by atoms with E-state index >= 15 is 0 Å². The molecule has 1 amide bonds. The lowest BCUT2D eigenvalue weighted by Gasteiger charge is -2.25. The van der Waals surface area contributed by atoms with E-state index in [1.165, 1.54) is 0 Å². The number of carbonyl (C=O) groups excluding carboxylic acids is 1. The van der Waals surface area contributed by atoms with Gasteiger partial charge in [-0.3, -0.25) is 4.79 Å². The fourth-order valence-corrected chi connectivity index (χ4v) is 2.13. The van der Waals surface area contributed by atoms with Gasteiger partial charge in [0.15, 0.2) is 0 Å². The van der Waals surface area contributed by atoms with Crippen molar-refractivity contribution in [3.63, 3.8) is 0 Å². The molecule has 0 bridgehead atoms. The van der Waals surface area contributed by atoms with Gasteiger partial charge in [0.1, 0.15) is 0 Å². The normalized spacial score (nSPS) is 14.9. The summed E-state index contributed by atoms with van der Waals surface area (Å²) in [6.45, 7) is 2.64. The predicted octanol–water partition coefficient (Wildman–Crippen LogP) is 0.610. The minimum absolute atomic E-state index is 0.289. The van der Waals surface area contributed by atoms with E-state index in [-0.39, 0.29) is 5.91 Å². The predicted molar refractivity (Wildman–Crippen MR) is 65.1 cm³/mol. The second kappa shape index (κ2) is 7.96. The molecule has 0 heterocycles. The molecule has 4 nitrogen and oxygen atoms in total. The summed E-state index contributed by atoms with van der Waals surface area (Å²) in [5, 5.41) is 2.97. The van der Waals surface area contributed by atoms with E-state index in [2.05, 4.69) is 5.32 Å². The van der Waals surface area contributed by atoms with Crippen molar-refractivity contribution in [1.82, 2.24) is 5.32 Å². The smallest absolute Gasteiger partial charge is 0.237 e. The SMILES string of the molecule is CNC(C)(CCSCCCOC)C(N)=O. The van der Waals surface area contributed by atoms with Crippen LogP contribution in [0, 0.1) is 0 Å². The minimum Gasteiger partial charge on any atom is -0.385 e. The van der Waals surface area contributed by atoms with Gasteiger partial charge in [-0.25, -0.2) is 0 Å². The average molecular weight is 234 g/mol. The zero-order chi connectivity index (χ0) is 11.7. The van der Waals surface area contributed by atoms with Crippen LogP contribution in [-0.4, -0.2) is 43.7 Å². The Labute approximate surface area is 96.3 Å². The van der Waals surface area contributed by atoms with E-state index < -0.39 is 5.54 Å². The van der Waals surface area contributed by atoms with Gasteiger partial charge in [-0.15, -0.1) is 0 Å². The number of rotatable bonds is 9. The lowest BCUT2D eigenvalue weighted by Crippen LogP contribution is -2.51. The summed E-state index contributed by atoms with van der Waals surface area (Å²) < 4.78 is 4.95. The molecule has 0 radical (unpaired) electrons. The minimum atomic E-state index is -0.575. The zero-order valence-electron chi connectivity index (χ0n) is 9.84. The van der Waals surface area contributed by atoms with E-state index in [1.54, 1.807) is 14.2 Å². The van der Waals surface area contributed by atoms with E-state index in [1.807, 2.05) is 18.7 Å². The zero-order valence-corrected chi connectivity index (χ0v) is 10.7. The van der Waals surface area contributed by atoms with E-state index in [9.17, 15) is 4.79 Å². The van der Waals surface area contributed by atoms with Gasteiger partial charge in [-0.05, 0) is 38.3 Å². The van der Waals surface area contributed by atoms with Gasteiger partial charge in [0.2, 0.25) is 5.91 Å². The molecule has 5 heteroatoms. The molecule has 90 valence electrons. The summed E-state index contributed by atoms with van der Waals surface area (Å²) in [7, 11) is 3.47. The third kappa shape index (κ3) is 6.02. The molecule has 3 N–H and O–H groups in total. The molecule has 0 rings (SSSR count). The lowest BCUT2D eigenvalue weighted by molar-refractivity contribution is -0.123. The van der Waals surface area contributed by atoms with E-state index in [0.717, 1.165) is 31.0 Å². The number of nitrogens with two attached hydrogens (primary N) is 1. The highest BCUT2D eigenvalue weighted by atomic mass is 32.2. The van der Waals surface area contributed by atoms with Gasteiger partial charge >= 0.3 is 0 Å². The first-order valence-corrected chi connectivity index (χ1v) is 6.28. The third-order valence-electron chi connectivity index (χ3n) is 2.48. The van der Waals surface area contributed by atoms with Gasteiger partial charge in [-0.1, -0.05) is 0 Å². The van der Waals surface area contributed by atoms with Crippen LogP contribution in [0.25, 0.3) is 0 Å². The summed E-state index contributed by atoms with van der Waals surface area (Å²) in [6.07, 6.45) is 1.81. The summed E-state index contributed by atoms with van der Waals surface area (Å²) in [5.74, 6) is 1.71. The van der Waals surface area contributed by atoms with Crippen molar-refractivity contribution in [2.45, 2.75) is 25.3 Å². The van der Waals surface area contributed by atoms with Crippen LogP contribution < -0.4 is 11.1 Å². The summed E-state index contributed by atoms with van der Waals surface area (Å²) in [4.78, 5) is 11.1. The van der Waals surface area contributed by atoms with Gasteiger partial charge in [0.05, 0.1) is 5.54 Å². The Morgan fingerprint density at radius 1 is 1.53 bits per heavy atom. The van der Waals surface area contributed by atoms with Crippen molar-refractivity contribution in [2.75, 3.05) is 32.3 Å². The van der Waals surface area contributed by atoms with Crippen LogP contribution in [0.4, 0.5) is 0 Å². The molecule has 0 aliphatic heterocycles. The molecule has 0 aromatic heterocycles. The molecule has 0 fully saturated rings. The van der Waals surface area contributed by atoms with Crippen LogP contribution in [0.2, 0.25) is 0 Å². The molecular formula is C10H22N2O2S. The van der Waals surface area contributed by atoms with Crippen molar-refractivity contribution >= 4 is 17.7 Å². The molecule has 0 aliphatic carbocycles. The molecule has 0 spiro atoms. The molecule has 1 unspecified atom stereocenters. The third-order valence-corrected chi connectivity index (χ3v) is 3.55. The highest BCUT2D eigenvalue weighted by Crippen LogP contribution is 2.14. The van der Waals surface area contributed by atoms with Crippen LogP contribution in [0.3, 0.4) is 0 Å². The Hall–Kier alpha value is -0.260. The Morgan fingerprint density at radius 3 is 2.67 bits per heavy atom. The quantitative estimate of drug-likeness (QED) is 0.574. The number of hydrogen-bond donors (Lipinski definition) is 2. The monoisotopic (exact) mass is 234 g/mol. The van der Waals surface area contributed by atoms with Crippen LogP contribution in [0.5, 0.6) is 0 Å². The number of amides is 1. The van der Waals surface area contributed by atoms with Crippen molar-refractivity contribution in [3.05, 3.63) is 0 Å². The number of likely N-dealkylation sites (N-methyl/N-ethyl adjacent to an activating group) is 1. The van der Waals surface area contributed by atoms with Crippen molar-refractivity contribution in [2.24, 2.45) is 5.73 Å². The fraction of sp³-hybridized carbons (Fsp3) is 0.900. The summed E-state index contributed by atoms with van der Waals surface area (Å²) in [5.41, 5.74) is 4.74. The van der Waals surface area contributed by atoms with Gasteiger partial charge in [0, 0.05) is 13.7 Å². The van der Waals surface area contributed by atoms with Gasteiger partial charge in [0.25, 0.3) is 0 Å². The number of ether oxygens (including phenoxy) is 1. The molecule has 0 aromatic rings.